The van der Waals surface area contributed by atoms with E-state index in [9.17, 15) is 14.7 Å². The average Bonchev–Trinajstić information content (AvgIpc) is 2.83. The maximum Gasteiger partial charge on any atom is 0.251 e. The van der Waals surface area contributed by atoms with E-state index in [-0.39, 0.29) is 23.8 Å². The monoisotopic (exact) mass is 318 g/mol. The lowest BCUT2D eigenvalue weighted by Gasteiger charge is -2.22. The number of benzene rings is 1. The van der Waals surface area contributed by atoms with Crippen LogP contribution in [0.3, 0.4) is 0 Å². The summed E-state index contributed by atoms with van der Waals surface area (Å²) in [5, 5.41) is 15.9. The second-order valence-corrected chi connectivity index (χ2v) is 7.44. The van der Waals surface area contributed by atoms with E-state index in [1.807, 2.05) is 20.8 Å². The summed E-state index contributed by atoms with van der Waals surface area (Å²) in [6.07, 6.45) is 3.38. The van der Waals surface area contributed by atoms with Crippen LogP contribution in [0.1, 0.15) is 63.2 Å². The van der Waals surface area contributed by atoms with Crippen molar-refractivity contribution in [3.63, 3.8) is 0 Å². The lowest BCUT2D eigenvalue weighted by molar-refractivity contribution is -0.120. The van der Waals surface area contributed by atoms with Crippen LogP contribution in [-0.4, -0.2) is 28.1 Å². The first-order valence-corrected chi connectivity index (χ1v) is 8.12. The van der Waals surface area contributed by atoms with Gasteiger partial charge in [0.2, 0.25) is 5.91 Å². The van der Waals surface area contributed by atoms with E-state index < -0.39 is 5.60 Å². The Balaban J connectivity index is 1.99. The Hall–Kier alpha value is -1.88. The zero-order valence-electron chi connectivity index (χ0n) is 14.1. The second-order valence-electron chi connectivity index (χ2n) is 7.44. The first-order valence-electron chi connectivity index (χ1n) is 8.12. The van der Waals surface area contributed by atoms with Gasteiger partial charge in [0, 0.05) is 16.8 Å². The van der Waals surface area contributed by atoms with Crippen LogP contribution in [0.4, 0.5) is 5.69 Å². The minimum Gasteiger partial charge on any atom is -0.389 e. The van der Waals surface area contributed by atoms with Crippen molar-refractivity contribution in [3.8, 4) is 0 Å². The smallest absolute Gasteiger partial charge is 0.251 e. The molecule has 0 atom stereocenters. The first kappa shape index (κ1) is 17.5. The van der Waals surface area contributed by atoms with E-state index in [4.69, 9.17) is 0 Å². The summed E-state index contributed by atoms with van der Waals surface area (Å²) in [5.74, 6) is -0.397. The summed E-state index contributed by atoms with van der Waals surface area (Å²) in [4.78, 5) is 24.3. The molecule has 5 nitrogen and oxygen atoms in total. The summed E-state index contributed by atoms with van der Waals surface area (Å²) in [6, 6.07) is 6.83. The van der Waals surface area contributed by atoms with Crippen LogP contribution in [0.25, 0.3) is 0 Å². The Morgan fingerprint density at radius 3 is 2.48 bits per heavy atom. The van der Waals surface area contributed by atoms with Crippen molar-refractivity contribution < 1.29 is 14.7 Å². The van der Waals surface area contributed by atoms with Gasteiger partial charge in [0.05, 0.1) is 12.0 Å². The van der Waals surface area contributed by atoms with Gasteiger partial charge in [-0.2, -0.15) is 0 Å². The highest BCUT2D eigenvalue weighted by atomic mass is 16.3. The predicted octanol–water partition coefficient (Wildman–Crippen LogP) is 2.85. The van der Waals surface area contributed by atoms with Crippen molar-refractivity contribution in [3.05, 3.63) is 29.8 Å². The van der Waals surface area contributed by atoms with E-state index in [0.29, 0.717) is 24.1 Å². The molecule has 0 bridgehead atoms. The van der Waals surface area contributed by atoms with E-state index in [1.54, 1.807) is 24.3 Å². The van der Waals surface area contributed by atoms with Gasteiger partial charge < -0.3 is 15.7 Å². The molecule has 2 amide bonds. The molecule has 0 aromatic heterocycles. The van der Waals surface area contributed by atoms with Gasteiger partial charge in [0.25, 0.3) is 5.91 Å². The van der Waals surface area contributed by atoms with Gasteiger partial charge in [-0.25, -0.2) is 0 Å². The third-order valence-corrected chi connectivity index (χ3v) is 3.92. The van der Waals surface area contributed by atoms with Crippen LogP contribution in [0.15, 0.2) is 24.3 Å². The SMILES string of the molecule is CC(C)(C)NC(=O)c1cccc(NC(=O)CC2(O)CCCC2)c1. The van der Waals surface area contributed by atoms with Crippen LogP contribution in [0.2, 0.25) is 0 Å². The molecular formula is C18H26N2O3. The zero-order chi connectivity index (χ0) is 17.1. The minimum atomic E-state index is -0.870. The molecular weight excluding hydrogens is 292 g/mol. The minimum absolute atomic E-state index is 0.103. The van der Waals surface area contributed by atoms with Crippen LogP contribution in [-0.2, 0) is 4.79 Å². The molecule has 0 aliphatic heterocycles. The topological polar surface area (TPSA) is 78.4 Å². The highest BCUT2D eigenvalue weighted by molar-refractivity contribution is 5.97. The number of rotatable bonds is 4. The van der Waals surface area contributed by atoms with Gasteiger partial charge in [0.15, 0.2) is 0 Å². The molecule has 0 radical (unpaired) electrons. The van der Waals surface area contributed by atoms with Crippen LogP contribution < -0.4 is 10.6 Å². The molecule has 0 spiro atoms. The molecule has 1 aromatic carbocycles. The number of amides is 2. The zero-order valence-corrected chi connectivity index (χ0v) is 14.1. The third kappa shape index (κ3) is 5.36. The molecule has 0 saturated heterocycles. The number of carbonyl (C=O) groups is 2. The lowest BCUT2D eigenvalue weighted by atomic mass is 9.97. The Labute approximate surface area is 137 Å². The van der Waals surface area contributed by atoms with Crippen molar-refractivity contribution in [2.24, 2.45) is 0 Å². The molecule has 2 rings (SSSR count). The summed E-state index contributed by atoms with van der Waals surface area (Å²) < 4.78 is 0. The van der Waals surface area contributed by atoms with E-state index in [0.717, 1.165) is 12.8 Å². The Kier molecular flexibility index (Phi) is 5.09. The average molecular weight is 318 g/mol. The van der Waals surface area contributed by atoms with Crippen molar-refractivity contribution >= 4 is 17.5 Å². The fourth-order valence-electron chi connectivity index (χ4n) is 2.86. The van der Waals surface area contributed by atoms with Crippen LogP contribution >= 0.6 is 0 Å². The summed E-state index contributed by atoms with van der Waals surface area (Å²) in [5.41, 5.74) is -0.122. The van der Waals surface area contributed by atoms with E-state index >= 15 is 0 Å². The maximum absolute atomic E-state index is 12.2. The Morgan fingerprint density at radius 2 is 1.87 bits per heavy atom. The van der Waals surface area contributed by atoms with Crippen molar-refractivity contribution in [2.75, 3.05) is 5.32 Å². The quantitative estimate of drug-likeness (QED) is 0.799. The molecule has 1 aliphatic carbocycles. The van der Waals surface area contributed by atoms with Gasteiger partial charge in [-0.05, 0) is 51.8 Å². The third-order valence-electron chi connectivity index (χ3n) is 3.92. The first-order chi connectivity index (χ1) is 10.7. The van der Waals surface area contributed by atoms with Crippen molar-refractivity contribution in [2.45, 2.75) is 64.0 Å². The molecule has 1 aromatic rings. The number of carbonyl (C=O) groups excluding carboxylic acids is 2. The number of anilines is 1. The molecule has 3 N–H and O–H groups in total. The molecule has 1 saturated carbocycles. The standard InChI is InChI=1S/C18H26N2O3/c1-17(2,3)20-16(22)13-7-6-8-14(11-13)19-15(21)12-18(23)9-4-5-10-18/h6-8,11,23H,4-5,9-10,12H2,1-3H3,(H,19,21)(H,20,22). The van der Waals surface area contributed by atoms with Crippen molar-refractivity contribution in [1.29, 1.82) is 0 Å². The van der Waals surface area contributed by atoms with Gasteiger partial charge in [-0.3, -0.25) is 9.59 Å². The fraction of sp³-hybridized carbons (Fsp3) is 0.556. The van der Waals surface area contributed by atoms with Gasteiger partial charge in [-0.15, -0.1) is 0 Å². The van der Waals surface area contributed by atoms with Crippen LogP contribution in [0.5, 0.6) is 0 Å². The molecule has 23 heavy (non-hydrogen) atoms. The summed E-state index contributed by atoms with van der Waals surface area (Å²) in [7, 11) is 0. The maximum atomic E-state index is 12.2. The van der Waals surface area contributed by atoms with E-state index in [1.165, 1.54) is 0 Å². The number of aliphatic hydroxyl groups is 1. The molecule has 5 heteroatoms. The van der Waals surface area contributed by atoms with Gasteiger partial charge in [-0.1, -0.05) is 18.9 Å². The van der Waals surface area contributed by atoms with Crippen molar-refractivity contribution in [1.82, 2.24) is 5.32 Å². The number of nitrogens with one attached hydrogen (secondary N) is 2. The van der Waals surface area contributed by atoms with Crippen LogP contribution in [0, 0.1) is 0 Å². The Bertz CT molecular complexity index is 584. The molecule has 0 heterocycles. The second kappa shape index (κ2) is 6.71. The number of hydrogen-bond acceptors (Lipinski definition) is 3. The summed E-state index contributed by atoms with van der Waals surface area (Å²) >= 11 is 0. The van der Waals surface area contributed by atoms with E-state index in [2.05, 4.69) is 10.6 Å². The normalized spacial score (nSPS) is 16.9. The molecule has 1 aliphatic rings. The van der Waals surface area contributed by atoms with Gasteiger partial charge >= 0.3 is 0 Å². The molecule has 126 valence electrons. The molecule has 1 fully saturated rings. The largest absolute Gasteiger partial charge is 0.389 e. The predicted molar refractivity (Wildman–Crippen MR) is 90.3 cm³/mol. The summed E-state index contributed by atoms with van der Waals surface area (Å²) in [6.45, 7) is 5.75. The highest BCUT2D eigenvalue weighted by Gasteiger charge is 2.33. The number of hydrogen-bond donors (Lipinski definition) is 3. The lowest BCUT2D eigenvalue weighted by Crippen LogP contribution is -2.40. The fourth-order valence-corrected chi connectivity index (χ4v) is 2.86. The molecule has 0 unspecified atom stereocenters. The highest BCUT2D eigenvalue weighted by Crippen LogP contribution is 2.32. The Morgan fingerprint density at radius 1 is 1.22 bits per heavy atom. The van der Waals surface area contributed by atoms with Gasteiger partial charge in [0.1, 0.15) is 0 Å².